The molecule has 0 radical (unpaired) electrons. The molecule has 2 aromatic carbocycles. The van der Waals surface area contributed by atoms with Crippen molar-refractivity contribution in [3.05, 3.63) is 115 Å². The van der Waals surface area contributed by atoms with Gasteiger partial charge in [0, 0.05) is 53.4 Å². The van der Waals surface area contributed by atoms with Crippen molar-refractivity contribution in [2.75, 3.05) is 5.32 Å². The van der Waals surface area contributed by atoms with Gasteiger partial charge in [-0.25, -0.2) is 4.68 Å². The zero-order valence-electron chi connectivity index (χ0n) is 20.3. The van der Waals surface area contributed by atoms with Gasteiger partial charge in [-0.15, -0.1) is 0 Å². The van der Waals surface area contributed by atoms with E-state index in [1.54, 1.807) is 47.8 Å². The molecule has 0 fully saturated rings. The van der Waals surface area contributed by atoms with Crippen molar-refractivity contribution in [1.29, 1.82) is 0 Å². The number of halogens is 3. The number of alkyl halides is 3. The third kappa shape index (κ3) is 5.62. The van der Waals surface area contributed by atoms with E-state index >= 15 is 0 Å². The molecule has 5 aromatic rings. The SMILES string of the molecule is Cc1ccc(NC(=O)Cc2cccc(C(F)(F)F)c2)cc1-n1cc(-c2cncc(-c3ccncc3)c2)cn1. The fraction of sp³-hybridized carbons (Fsp3) is 0.103. The van der Waals surface area contributed by atoms with Crippen LogP contribution in [0.4, 0.5) is 18.9 Å². The van der Waals surface area contributed by atoms with Crippen molar-refractivity contribution in [3.63, 3.8) is 0 Å². The van der Waals surface area contributed by atoms with Gasteiger partial charge in [0.25, 0.3) is 0 Å². The van der Waals surface area contributed by atoms with Crippen molar-refractivity contribution in [2.24, 2.45) is 0 Å². The van der Waals surface area contributed by atoms with Crippen LogP contribution in [0.5, 0.6) is 0 Å². The van der Waals surface area contributed by atoms with E-state index in [9.17, 15) is 18.0 Å². The minimum absolute atomic E-state index is 0.181. The highest BCUT2D eigenvalue weighted by Gasteiger charge is 2.30. The Morgan fingerprint density at radius 1 is 0.868 bits per heavy atom. The largest absolute Gasteiger partial charge is 0.416 e. The van der Waals surface area contributed by atoms with Crippen molar-refractivity contribution in [1.82, 2.24) is 19.7 Å². The molecule has 1 amide bonds. The van der Waals surface area contributed by atoms with Crippen LogP contribution in [0.3, 0.4) is 0 Å². The number of hydrogen-bond acceptors (Lipinski definition) is 4. The van der Waals surface area contributed by atoms with Crippen LogP contribution in [-0.4, -0.2) is 25.7 Å². The standard InChI is InChI=1S/C29H22F3N5O/c1-19-5-6-26(36-28(38)12-20-3-2-4-25(11-20)29(30,31)32)14-27(19)37-18-24(17-35-37)23-13-22(15-34-16-23)21-7-9-33-10-8-21/h2-11,13-18H,12H2,1H3,(H,36,38). The lowest BCUT2D eigenvalue weighted by molar-refractivity contribution is -0.137. The summed E-state index contributed by atoms with van der Waals surface area (Å²) < 4.78 is 40.7. The molecule has 0 bridgehead atoms. The van der Waals surface area contributed by atoms with Gasteiger partial charge in [-0.05, 0) is 60.0 Å². The van der Waals surface area contributed by atoms with Crippen molar-refractivity contribution in [2.45, 2.75) is 19.5 Å². The number of rotatable bonds is 6. The molecule has 5 rings (SSSR count). The maximum absolute atomic E-state index is 13.0. The Balaban J connectivity index is 1.34. The van der Waals surface area contributed by atoms with Crippen LogP contribution in [0.25, 0.3) is 27.9 Å². The van der Waals surface area contributed by atoms with Crippen LogP contribution >= 0.6 is 0 Å². The summed E-state index contributed by atoms with van der Waals surface area (Å²) in [7, 11) is 0. The minimum Gasteiger partial charge on any atom is -0.326 e. The zero-order valence-corrected chi connectivity index (χ0v) is 20.3. The van der Waals surface area contributed by atoms with Gasteiger partial charge in [0.05, 0.1) is 23.9 Å². The highest BCUT2D eigenvalue weighted by molar-refractivity contribution is 5.92. The number of anilines is 1. The molecule has 0 saturated carbocycles. The molecule has 0 aliphatic heterocycles. The lowest BCUT2D eigenvalue weighted by Gasteiger charge is -2.11. The molecule has 0 spiro atoms. The number of amides is 1. The topological polar surface area (TPSA) is 72.7 Å². The molecule has 190 valence electrons. The summed E-state index contributed by atoms with van der Waals surface area (Å²) >= 11 is 0. The van der Waals surface area contributed by atoms with Gasteiger partial charge in [0.2, 0.25) is 5.91 Å². The molecule has 6 nitrogen and oxygen atoms in total. The third-order valence-corrected chi connectivity index (χ3v) is 6.03. The van der Waals surface area contributed by atoms with Gasteiger partial charge in [-0.2, -0.15) is 18.3 Å². The van der Waals surface area contributed by atoms with Crippen molar-refractivity contribution < 1.29 is 18.0 Å². The fourth-order valence-corrected chi connectivity index (χ4v) is 4.09. The lowest BCUT2D eigenvalue weighted by Crippen LogP contribution is -2.15. The average Bonchev–Trinajstić information content (AvgIpc) is 3.40. The van der Waals surface area contributed by atoms with E-state index in [1.807, 2.05) is 37.4 Å². The molecule has 0 atom stereocenters. The van der Waals surface area contributed by atoms with E-state index in [-0.39, 0.29) is 12.0 Å². The van der Waals surface area contributed by atoms with Crippen LogP contribution in [-0.2, 0) is 17.4 Å². The number of aryl methyl sites for hydroxylation is 1. The average molecular weight is 514 g/mol. The molecule has 9 heteroatoms. The van der Waals surface area contributed by atoms with Crippen LogP contribution in [0.15, 0.2) is 97.8 Å². The third-order valence-electron chi connectivity index (χ3n) is 6.03. The quantitative estimate of drug-likeness (QED) is 0.281. The Kier molecular flexibility index (Phi) is 6.74. The molecule has 38 heavy (non-hydrogen) atoms. The number of pyridine rings is 2. The predicted molar refractivity (Wildman–Crippen MR) is 139 cm³/mol. The Morgan fingerprint density at radius 3 is 2.39 bits per heavy atom. The van der Waals surface area contributed by atoms with Crippen molar-refractivity contribution >= 4 is 11.6 Å². The Bertz CT molecular complexity index is 1600. The summed E-state index contributed by atoms with van der Waals surface area (Å²) in [6, 6.07) is 16.0. The van der Waals surface area contributed by atoms with E-state index < -0.39 is 17.6 Å². The Morgan fingerprint density at radius 2 is 1.63 bits per heavy atom. The molecule has 0 aliphatic rings. The highest BCUT2D eigenvalue weighted by Crippen LogP contribution is 2.30. The number of nitrogens with zero attached hydrogens (tertiary/aromatic N) is 4. The second kappa shape index (κ2) is 10.3. The van der Waals surface area contributed by atoms with Gasteiger partial charge in [-0.3, -0.25) is 14.8 Å². The summed E-state index contributed by atoms with van der Waals surface area (Å²) in [5.74, 6) is -0.417. The van der Waals surface area contributed by atoms with E-state index in [1.165, 1.54) is 12.1 Å². The molecule has 1 N–H and O–H groups in total. The first-order valence-corrected chi connectivity index (χ1v) is 11.7. The maximum atomic E-state index is 13.0. The van der Waals surface area contributed by atoms with E-state index in [4.69, 9.17) is 0 Å². The van der Waals surface area contributed by atoms with Crippen LogP contribution in [0, 0.1) is 6.92 Å². The summed E-state index contributed by atoms with van der Waals surface area (Å²) in [5, 5.41) is 7.28. The first-order chi connectivity index (χ1) is 18.3. The number of aromatic nitrogens is 4. The lowest BCUT2D eigenvalue weighted by atomic mass is 10.1. The minimum atomic E-state index is -4.46. The number of carbonyl (C=O) groups is 1. The van der Waals surface area contributed by atoms with E-state index in [2.05, 4.69) is 20.4 Å². The van der Waals surface area contributed by atoms with Gasteiger partial charge < -0.3 is 5.32 Å². The number of hydrogen-bond donors (Lipinski definition) is 1. The molecule has 0 aliphatic carbocycles. The van der Waals surface area contributed by atoms with E-state index in [0.29, 0.717) is 5.69 Å². The van der Waals surface area contributed by atoms with Gasteiger partial charge in [-0.1, -0.05) is 24.3 Å². The second-order valence-corrected chi connectivity index (χ2v) is 8.80. The summed E-state index contributed by atoms with van der Waals surface area (Å²) in [4.78, 5) is 21.0. The molecule has 0 unspecified atom stereocenters. The van der Waals surface area contributed by atoms with Crippen LogP contribution in [0.2, 0.25) is 0 Å². The summed E-state index contributed by atoms with van der Waals surface area (Å²) in [6.45, 7) is 1.93. The zero-order chi connectivity index (χ0) is 26.7. The fourth-order valence-electron chi connectivity index (χ4n) is 4.09. The molecular weight excluding hydrogens is 491 g/mol. The monoisotopic (exact) mass is 513 g/mol. The molecule has 0 saturated heterocycles. The summed E-state index contributed by atoms with van der Waals surface area (Å²) in [5.41, 5.74) is 5.43. The number of carbonyl (C=O) groups excluding carboxylic acids is 1. The predicted octanol–water partition coefficient (Wildman–Crippen LogP) is 6.50. The normalized spacial score (nSPS) is 11.4. The Labute approximate surface area is 216 Å². The Hall–Kier alpha value is -4.79. The molecular formula is C29H22F3N5O. The number of benzene rings is 2. The number of nitrogens with one attached hydrogen (secondary N) is 1. The van der Waals surface area contributed by atoms with Crippen LogP contribution in [0.1, 0.15) is 16.7 Å². The summed E-state index contributed by atoms with van der Waals surface area (Å²) in [6.07, 6.45) is 6.00. The second-order valence-electron chi connectivity index (χ2n) is 8.80. The first kappa shape index (κ1) is 24.9. The molecule has 3 aromatic heterocycles. The smallest absolute Gasteiger partial charge is 0.326 e. The van der Waals surface area contributed by atoms with Gasteiger partial charge >= 0.3 is 6.18 Å². The van der Waals surface area contributed by atoms with Crippen molar-refractivity contribution in [3.8, 4) is 27.9 Å². The molecule has 3 heterocycles. The highest BCUT2D eigenvalue weighted by atomic mass is 19.4. The first-order valence-electron chi connectivity index (χ1n) is 11.7. The van der Waals surface area contributed by atoms with E-state index in [0.717, 1.165) is 45.6 Å². The van der Waals surface area contributed by atoms with Crippen LogP contribution < -0.4 is 5.32 Å². The van der Waals surface area contributed by atoms with Gasteiger partial charge in [0.1, 0.15) is 0 Å². The van der Waals surface area contributed by atoms with Gasteiger partial charge in [0.15, 0.2) is 0 Å². The maximum Gasteiger partial charge on any atom is 0.416 e.